The Morgan fingerprint density at radius 1 is 1.21 bits per heavy atom. The molecule has 1 unspecified atom stereocenters. The number of anilines is 1. The Morgan fingerprint density at radius 3 is 2.75 bits per heavy atom. The zero-order valence-electron chi connectivity index (χ0n) is 15.1. The van der Waals surface area contributed by atoms with Crippen molar-refractivity contribution in [2.45, 2.75) is 19.3 Å². The average Bonchev–Trinajstić information content (AvgIpc) is 3.32. The molecule has 8 heteroatoms. The summed E-state index contributed by atoms with van der Waals surface area (Å²) in [6.45, 7) is 2.62. The molecule has 0 spiro atoms. The molecule has 1 fully saturated rings. The number of amides is 1. The van der Waals surface area contributed by atoms with E-state index in [4.69, 9.17) is 9.26 Å². The van der Waals surface area contributed by atoms with Crippen LogP contribution in [0.5, 0.6) is 5.75 Å². The van der Waals surface area contributed by atoms with E-state index in [9.17, 15) is 13.6 Å². The first-order valence-electron chi connectivity index (χ1n) is 8.87. The summed E-state index contributed by atoms with van der Waals surface area (Å²) in [5, 5.41) is 3.97. The van der Waals surface area contributed by atoms with Crippen molar-refractivity contribution in [1.82, 2.24) is 10.1 Å². The van der Waals surface area contributed by atoms with Gasteiger partial charge in [-0.2, -0.15) is 4.98 Å². The van der Waals surface area contributed by atoms with Gasteiger partial charge in [0.25, 0.3) is 0 Å². The summed E-state index contributed by atoms with van der Waals surface area (Å²) in [4.78, 5) is 17.9. The Balaban J connectivity index is 1.53. The van der Waals surface area contributed by atoms with Crippen LogP contribution in [0.4, 0.5) is 14.5 Å². The number of aromatic nitrogens is 2. The average molecular weight is 385 g/mol. The highest BCUT2D eigenvalue weighted by molar-refractivity contribution is 5.96. The quantitative estimate of drug-likeness (QED) is 0.666. The molecule has 0 aliphatic carbocycles. The molecule has 144 valence electrons. The van der Waals surface area contributed by atoms with Crippen LogP contribution in [0.25, 0.3) is 11.4 Å². The summed E-state index contributed by atoms with van der Waals surface area (Å²) in [5.41, 5.74) is 0.662. The van der Waals surface area contributed by atoms with Crippen LogP contribution < -0.4 is 9.64 Å². The fourth-order valence-electron chi connectivity index (χ4n) is 3.18. The number of ether oxygens (including phenoxy) is 1. The van der Waals surface area contributed by atoms with Crippen molar-refractivity contribution < 1.29 is 22.8 Å². The number of halogens is 2. The van der Waals surface area contributed by atoms with Gasteiger partial charge < -0.3 is 14.2 Å². The number of nitrogens with zero attached hydrogens (tertiary/aromatic N) is 3. The lowest BCUT2D eigenvalue weighted by molar-refractivity contribution is -0.117. The van der Waals surface area contributed by atoms with Gasteiger partial charge in [0.1, 0.15) is 17.4 Å². The second-order valence-electron chi connectivity index (χ2n) is 6.41. The fraction of sp³-hybridized carbons (Fsp3) is 0.250. The van der Waals surface area contributed by atoms with E-state index >= 15 is 0 Å². The maximum atomic E-state index is 14.0. The number of carbonyl (C=O) groups is 1. The van der Waals surface area contributed by atoms with Crippen molar-refractivity contribution in [1.29, 1.82) is 0 Å². The molecular formula is C20H17F2N3O3. The molecule has 3 aromatic rings. The first kappa shape index (κ1) is 18.1. The monoisotopic (exact) mass is 385 g/mol. The molecule has 2 heterocycles. The van der Waals surface area contributed by atoms with Crippen molar-refractivity contribution >= 4 is 11.6 Å². The Hall–Kier alpha value is -3.29. The van der Waals surface area contributed by atoms with Crippen molar-refractivity contribution in [2.24, 2.45) is 0 Å². The standard InChI is InChI=1S/C20H17F2N3O3/c1-2-27-15-6-3-12(4-7-15)19-23-20(28-24-19)13-9-18(26)25(11-13)17-10-14(21)5-8-16(17)22/h3-8,10,13H,2,9,11H2,1H3. The van der Waals surface area contributed by atoms with Crippen molar-refractivity contribution in [3.05, 3.63) is 60.0 Å². The molecule has 4 rings (SSSR count). The lowest BCUT2D eigenvalue weighted by atomic mass is 10.1. The summed E-state index contributed by atoms with van der Waals surface area (Å²) in [6.07, 6.45) is 0.0842. The first-order valence-corrected chi connectivity index (χ1v) is 8.87. The van der Waals surface area contributed by atoms with E-state index in [1.54, 1.807) is 0 Å². The Kier molecular flexibility index (Phi) is 4.77. The van der Waals surface area contributed by atoms with E-state index in [0.29, 0.717) is 12.4 Å². The molecule has 1 aliphatic rings. The topological polar surface area (TPSA) is 68.5 Å². The van der Waals surface area contributed by atoms with Gasteiger partial charge in [-0.3, -0.25) is 4.79 Å². The molecule has 2 aromatic carbocycles. The molecule has 0 radical (unpaired) electrons. The molecule has 28 heavy (non-hydrogen) atoms. The Morgan fingerprint density at radius 2 is 2.00 bits per heavy atom. The van der Waals surface area contributed by atoms with Gasteiger partial charge in [0.05, 0.1) is 18.2 Å². The van der Waals surface area contributed by atoms with Gasteiger partial charge in [0.2, 0.25) is 17.6 Å². The van der Waals surface area contributed by atoms with E-state index in [1.807, 2.05) is 31.2 Å². The van der Waals surface area contributed by atoms with E-state index in [2.05, 4.69) is 10.1 Å². The number of carbonyl (C=O) groups excluding carboxylic acids is 1. The number of rotatable bonds is 5. The summed E-state index contributed by atoms with van der Waals surface area (Å²) in [6, 6.07) is 10.3. The SMILES string of the molecule is CCOc1ccc(-c2noc(C3CC(=O)N(c4cc(F)ccc4F)C3)n2)cc1. The van der Waals surface area contributed by atoms with Gasteiger partial charge in [0.15, 0.2) is 0 Å². The smallest absolute Gasteiger partial charge is 0.232 e. The third kappa shape index (κ3) is 3.45. The van der Waals surface area contributed by atoms with E-state index in [1.165, 1.54) is 4.90 Å². The number of hydrogen-bond acceptors (Lipinski definition) is 5. The second kappa shape index (κ2) is 7.38. The summed E-state index contributed by atoms with van der Waals surface area (Å²) in [7, 11) is 0. The van der Waals surface area contributed by atoms with Crippen LogP contribution in [0.3, 0.4) is 0 Å². The third-order valence-corrected chi connectivity index (χ3v) is 4.54. The predicted octanol–water partition coefficient (Wildman–Crippen LogP) is 3.93. The van der Waals surface area contributed by atoms with Crippen molar-refractivity contribution in [3.8, 4) is 17.1 Å². The largest absolute Gasteiger partial charge is 0.494 e. The number of benzene rings is 2. The predicted molar refractivity (Wildman–Crippen MR) is 97.0 cm³/mol. The Labute approximate surface area is 159 Å². The molecule has 1 atom stereocenters. The molecule has 0 bridgehead atoms. The maximum Gasteiger partial charge on any atom is 0.232 e. The molecule has 1 aromatic heterocycles. The lowest BCUT2D eigenvalue weighted by Gasteiger charge is -2.16. The van der Waals surface area contributed by atoms with Crippen molar-refractivity contribution in [2.75, 3.05) is 18.1 Å². The summed E-state index contributed by atoms with van der Waals surface area (Å²) < 4.78 is 38.2. The van der Waals surface area contributed by atoms with Gasteiger partial charge in [-0.1, -0.05) is 5.16 Å². The normalized spacial score (nSPS) is 16.6. The minimum atomic E-state index is -0.656. The van der Waals surface area contributed by atoms with Crippen LogP contribution in [-0.4, -0.2) is 29.2 Å². The fourth-order valence-corrected chi connectivity index (χ4v) is 3.18. The van der Waals surface area contributed by atoms with E-state index in [-0.39, 0.29) is 36.4 Å². The third-order valence-electron chi connectivity index (χ3n) is 4.54. The summed E-state index contributed by atoms with van der Waals surface area (Å²) in [5.74, 6) is -0.560. The second-order valence-corrected chi connectivity index (χ2v) is 6.41. The van der Waals surface area contributed by atoms with Gasteiger partial charge in [0, 0.05) is 24.6 Å². The number of hydrogen-bond donors (Lipinski definition) is 0. The zero-order chi connectivity index (χ0) is 19.7. The minimum Gasteiger partial charge on any atom is -0.494 e. The molecule has 1 aliphatic heterocycles. The van der Waals surface area contributed by atoms with Crippen molar-refractivity contribution in [3.63, 3.8) is 0 Å². The molecule has 0 saturated carbocycles. The highest BCUT2D eigenvalue weighted by Crippen LogP contribution is 2.33. The zero-order valence-corrected chi connectivity index (χ0v) is 15.1. The van der Waals surface area contributed by atoms with Crippen LogP contribution in [0.2, 0.25) is 0 Å². The van der Waals surface area contributed by atoms with Gasteiger partial charge in [-0.25, -0.2) is 8.78 Å². The molecule has 6 nitrogen and oxygen atoms in total. The van der Waals surface area contributed by atoms with Crippen LogP contribution in [0, 0.1) is 11.6 Å². The van der Waals surface area contributed by atoms with E-state index < -0.39 is 11.6 Å². The van der Waals surface area contributed by atoms with Crippen LogP contribution >= 0.6 is 0 Å². The highest BCUT2D eigenvalue weighted by atomic mass is 19.1. The minimum absolute atomic E-state index is 0.0842. The molecule has 1 saturated heterocycles. The summed E-state index contributed by atoms with van der Waals surface area (Å²) >= 11 is 0. The maximum absolute atomic E-state index is 14.0. The Bertz CT molecular complexity index is 1000. The van der Waals surface area contributed by atoms with Gasteiger partial charge in [-0.05, 0) is 43.3 Å². The molecule has 0 N–H and O–H groups in total. The van der Waals surface area contributed by atoms with E-state index in [0.717, 1.165) is 29.5 Å². The van der Waals surface area contributed by atoms with Gasteiger partial charge >= 0.3 is 0 Å². The van der Waals surface area contributed by atoms with Crippen LogP contribution in [-0.2, 0) is 4.79 Å². The van der Waals surface area contributed by atoms with Gasteiger partial charge in [-0.15, -0.1) is 0 Å². The molecule has 1 amide bonds. The highest BCUT2D eigenvalue weighted by Gasteiger charge is 2.36. The molecular weight excluding hydrogens is 368 g/mol. The lowest BCUT2D eigenvalue weighted by Crippen LogP contribution is -2.25. The van der Waals surface area contributed by atoms with Crippen LogP contribution in [0.1, 0.15) is 25.2 Å². The van der Waals surface area contributed by atoms with Crippen LogP contribution in [0.15, 0.2) is 47.0 Å². The first-order chi connectivity index (χ1) is 13.5.